The van der Waals surface area contributed by atoms with Crippen molar-refractivity contribution in [2.24, 2.45) is 4.99 Å². The van der Waals surface area contributed by atoms with E-state index in [4.69, 9.17) is 4.99 Å². The van der Waals surface area contributed by atoms with Gasteiger partial charge in [-0.3, -0.25) is 14.7 Å². The van der Waals surface area contributed by atoms with E-state index in [0.29, 0.717) is 6.54 Å². The van der Waals surface area contributed by atoms with Crippen molar-refractivity contribution in [2.75, 3.05) is 0 Å². The second-order valence-electron chi connectivity index (χ2n) is 5.98. The fraction of sp³-hybridized carbons (Fsp3) is 0.625. The Labute approximate surface area is 120 Å². The van der Waals surface area contributed by atoms with E-state index in [2.05, 4.69) is 11.9 Å². The maximum Gasteiger partial charge on any atom is 0.256 e. The van der Waals surface area contributed by atoms with Crippen LogP contribution < -0.4 is 0 Å². The Morgan fingerprint density at radius 2 is 2.20 bits per heavy atom. The predicted molar refractivity (Wildman–Crippen MR) is 79.5 cm³/mol. The molecule has 20 heavy (non-hydrogen) atoms. The molecule has 2 aliphatic rings. The third-order valence-electron chi connectivity index (χ3n) is 4.49. The van der Waals surface area contributed by atoms with Gasteiger partial charge in [-0.25, -0.2) is 0 Å². The zero-order chi connectivity index (χ0) is 14.0. The van der Waals surface area contributed by atoms with Crippen molar-refractivity contribution in [1.82, 2.24) is 9.88 Å². The summed E-state index contributed by atoms with van der Waals surface area (Å²) < 4.78 is 0. The maximum atomic E-state index is 12.8. The molecule has 4 nitrogen and oxygen atoms in total. The molecule has 0 aromatic carbocycles. The highest BCUT2D eigenvalue weighted by Gasteiger charge is 2.49. The van der Waals surface area contributed by atoms with E-state index in [1.165, 1.54) is 0 Å². The maximum absolute atomic E-state index is 12.8. The van der Waals surface area contributed by atoms with Crippen LogP contribution in [0.5, 0.6) is 0 Å². The van der Waals surface area contributed by atoms with E-state index < -0.39 is 5.54 Å². The fourth-order valence-corrected chi connectivity index (χ4v) is 3.34. The number of hydrogen-bond donors (Lipinski definition) is 1. The van der Waals surface area contributed by atoms with Crippen molar-refractivity contribution in [2.45, 2.75) is 64.0 Å². The number of amidine groups is 1. The van der Waals surface area contributed by atoms with Gasteiger partial charge in [-0.05, 0) is 30.9 Å². The van der Waals surface area contributed by atoms with Crippen LogP contribution >= 0.6 is 0 Å². The van der Waals surface area contributed by atoms with Crippen LogP contribution in [0.4, 0.5) is 0 Å². The van der Waals surface area contributed by atoms with Crippen molar-refractivity contribution in [3.63, 3.8) is 0 Å². The summed E-state index contributed by atoms with van der Waals surface area (Å²) in [5, 5.41) is 0. The molecule has 0 atom stereocenters. The molecular weight excluding hydrogens is 250 g/mol. The summed E-state index contributed by atoms with van der Waals surface area (Å²) in [7, 11) is 0. The summed E-state index contributed by atoms with van der Waals surface area (Å²) >= 11 is 0. The monoisotopic (exact) mass is 273 g/mol. The first-order valence-electron chi connectivity index (χ1n) is 7.77. The van der Waals surface area contributed by atoms with E-state index in [1.807, 2.05) is 23.4 Å². The molecule has 1 aliphatic heterocycles. The first-order chi connectivity index (χ1) is 9.75. The molecule has 1 aliphatic carbocycles. The summed E-state index contributed by atoms with van der Waals surface area (Å²) in [5.41, 5.74) is 0.747. The van der Waals surface area contributed by atoms with Gasteiger partial charge in [-0.15, -0.1) is 0 Å². The first-order valence-corrected chi connectivity index (χ1v) is 7.77. The van der Waals surface area contributed by atoms with Crippen LogP contribution in [0.25, 0.3) is 0 Å². The number of hydrogen-bond acceptors (Lipinski definition) is 2. The highest BCUT2D eigenvalue weighted by molar-refractivity contribution is 6.08. The second kappa shape index (κ2) is 5.43. The molecule has 3 rings (SSSR count). The average Bonchev–Trinajstić information content (AvgIpc) is 3.16. The number of nitrogens with one attached hydrogen (secondary N) is 1. The Kier molecular flexibility index (Phi) is 3.64. The van der Waals surface area contributed by atoms with Gasteiger partial charge < -0.3 is 4.98 Å². The molecule has 1 aromatic heterocycles. The molecule has 108 valence electrons. The fourth-order valence-electron chi connectivity index (χ4n) is 3.34. The molecule has 1 saturated carbocycles. The van der Waals surface area contributed by atoms with Crippen molar-refractivity contribution in [3.05, 3.63) is 24.0 Å². The van der Waals surface area contributed by atoms with Crippen LogP contribution in [-0.2, 0) is 11.3 Å². The van der Waals surface area contributed by atoms with E-state index >= 15 is 0 Å². The minimum Gasteiger partial charge on any atom is -0.367 e. The number of nitrogens with zero attached hydrogens (tertiary/aromatic N) is 2. The number of aromatic amines is 1. The summed E-state index contributed by atoms with van der Waals surface area (Å²) in [6, 6.07) is 2.03. The van der Waals surface area contributed by atoms with E-state index in [0.717, 1.165) is 56.3 Å². The number of unbranched alkanes of at least 4 members (excludes halogenated alkanes) is 1. The van der Waals surface area contributed by atoms with Crippen molar-refractivity contribution in [1.29, 1.82) is 0 Å². The number of aromatic nitrogens is 1. The van der Waals surface area contributed by atoms with Crippen LogP contribution in [0.2, 0.25) is 0 Å². The highest BCUT2D eigenvalue weighted by atomic mass is 16.2. The number of amides is 1. The second-order valence-corrected chi connectivity index (χ2v) is 5.98. The molecule has 0 radical (unpaired) electrons. The Hall–Kier alpha value is -1.58. The molecule has 1 N–H and O–H groups in total. The first kappa shape index (κ1) is 13.4. The molecular formula is C16H23N3O. The van der Waals surface area contributed by atoms with Gasteiger partial charge in [0.1, 0.15) is 11.4 Å². The smallest absolute Gasteiger partial charge is 0.256 e. The Bertz CT molecular complexity index is 498. The highest BCUT2D eigenvalue weighted by Crippen LogP contribution is 2.40. The largest absolute Gasteiger partial charge is 0.367 e. The van der Waals surface area contributed by atoms with Gasteiger partial charge in [0.05, 0.1) is 6.54 Å². The van der Waals surface area contributed by atoms with Gasteiger partial charge in [0.25, 0.3) is 5.91 Å². The van der Waals surface area contributed by atoms with Crippen molar-refractivity contribution >= 4 is 11.7 Å². The number of aliphatic imine (C=N–C) groups is 1. The number of carbonyl (C=O) groups excluding carboxylic acids is 1. The minimum absolute atomic E-state index is 0.238. The normalized spacial score (nSPS) is 20.9. The zero-order valence-electron chi connectivity index (χ0n) is 12.2. The number of carbonyl (C=O) groups is 1. The molecule has 4 heteroatoms. The standard InChI is InChI=1S/C16H23N3O/c1-2-3-6-14-18-16(8-4-5-9-16)15(20)19(14)12-13-7-10-17-11-13/h7,10-11,17H,2-6,8-9,12H2,1H3. The lowest BCUT2D eigenvalue weighted by Gasteiger charge is -2.22. The van der Waals surface area contributed by atoms with E-state index in [9.17, 15) is 4.79 Å². The summed E-state index contributed by atoms with van der Waals surface area (Å²) in [5.74, 6) is 1.25. The number of H-pyrrole nitrogens is 1. The van der Waals surface area contributed by atoms with Crippen LogP contribution in [0.15, 0.2) is 23.5 Å². The zero-order valence-corrected chi connectivity index (χ0v) is 12.2. The van der Waals surface area contributed by atoms with Gasteiger partial charge >= 0.3 is 0 Å². The Balaban J connectivity index is 1.82. The average molecular weight is 273 g/mol. The molecule has 1 fully saturated rings. The lowest BCUT2D eigenvalue weighted by Crippen LogP contribution is -2.40. The van der Waals surface area contributed by atoms with Gasteiger partial charge in [0.15, 0.2) is 0 Å². The van der Waals surface area contributed by atoms with E-state index in [-0.39, 0.29) is 5.91 Å². The summed E-state index contributed by atoms with van der Waals surface area (Å²) in [6.45, 7) is 2.84. The van der Waals surface area contributed by atoms with Gasteiger partial charge in [-0.1, -0.05) is 26.2 Å². The topological polar surface area (TPSA) is 48.5 Å². The summed E-state index contributed by atoms with van der Waals surface area (Å²) in [4.78, 5) is 22.7. The lowest BCUT2D eigenvalue weighted by atomic mass is 9.98. The molecule has 0 saturated heterocycles. The van der Waals surface area contributed by atoms with Crippen LogP contribution in [0, 0.1) is 0 Å². The van der Waals surface area contributed by atoms with Crippen LogP contribution in [0.1, 0.15) is 57.4 Å². The summed E-state index contributed by atoms with van der Waals surface area (Å²) in [6.07, 6.45) is 11.2. The third kappa shape index (κ3) is 2.28. The van der Waals surface area contributed by atoms with Gasteiger partial charge in [-0.2, -0.15) is 0 Å². The Morgan fingerprint density at radius 3 is 2.85 bits per heavy atom. The van der Waals surface area contributed by atoms with Crippen LogP contribution in [-0.4, -0.2) is 27.2 Å². The molecule has 1 aromatic rings. The van der Waals surface area contributed by atoms with Crippen molar-refractivity contribution in [3.8, 4) is 0 Å². The van der Waals surface area contributed by atoms with E-state index in [1.54, 1.807) is 0 Å². The molecule has 0 unspecified atom stereocenters. The lowest BCUT2D eigenvalue weighted by molar-refractivity contribution is -0.131. The van der Waals surface area contributed by atoms with Gasteiger partial charge in [0.2, 0.25) is 0 Å². The molecule has 1 amide bonds. The predicted octanol–water partition coefficient (Wildman–Crippen LogP) is 3.26. The van der Waals surface area contributed by atoms with Gasteiger partial charge in [0, 0.05) is 18.8 Å². The molecule has 2 heterocycles. The third-order valence-corrected chi connectivity index (χ3v) is 4.49. The quantitative estimate of drug-likeness (QED) is 0.879. The minimum atomic E-state index is -0.403. The Morgan fingerprint density at radius 1 is 1.40 bits per heavy atom. The SMILES string of the molecule is CCCCC1=NC2(CCCC2)C(=O)N1Cc1cc[nH]c1. The van der Waals surface area contributed by atoms with Crippen LogP contribution in [0.3, 0.4) is 0 Å². The molecule has 1 spiro atoms. The van der Waals surface area contributed by atoms with Crippen molar-refractivity contribution < 1.29 is 4.79 Å². The number of rotatable bonds is 5. The molecule has 0 bridgehead atoms.